The first-order valence-electron chi connectivity index (χ1n) is 7.03. The molecule has 0 spiro atoms. The van der Waals surface area contributed by atoms with Crippen LogP contribution in [0.2, 0.25) is 0 Å². The predicted octanol–water partition coefficient (Wildman–Crippen LogP) is 2.49. The fraction of sp³-hybridized carbons (Fsp3) is 0.923. The van der Waals surface area contributed by atoms with Crippen molar-refractivity contribution in [3.63, 3.8) is 0 Å². The Balaban J connectivity index is 0. The monoisotopic (exact) mass is 340 g/mol. The number of hydrogen-bond donors (Lipinski definition) is 3. The average molecular weight is 341 g/mol. The maximum atomic E-state index is 5.54. The van der Waals surface area contributed by atoms with Crippen LogP contribution >= 0.6 is 28.7 Å². The molecule has 0 fully saturated rings. The first-order valence-corrected chi connectivity index (χ1v) is 8.01. The molecule has 0 radical (unpaired) electrons. The van der Waals surface area contributed by atoms with Gasteiger partial charge >= 0.3 is 5.17 Å². The first-order chi connectivity index (χ1) is 8.31. The van der Waals surface area contributed by atoms with Crippen molar-refractivity contribution < 1.29 is 5.10 Å². The van der Waals surface area contributed by atoms with Crippen LogP contribution in [0.3, 0.4) is 0 Å². The van der Waals surface area contributed by atoms with Gasteiger partial charge < -0.3 is 0 Å². The van der Waals surface area contributed by atoms with Crippen molar-refractivity contribution in [3.05, 3.63) is 0 Å². The summed E-state index contributed by atoms with van der Waals surface area (Å²) in [6.45, 7) is 2.27. The Bertz CT molecular complexity index is 189. The van der Waals surface area contributed by atoms with Gasteiger partial charge in [0.05, 0.1) is 0 Å². The normalized spacial score (nSPS) is 11.3. The van der Waals surface area contributed by atoms with E-state index in [1.807, 2.05) is 0 Å². The van der Waals surface area contributed by atoms with Crippen molar-refractivity contribution >= 4 is 33.9 Å². The lowest BCUT2D eigenvalue weighted by Crippen LogP contribution is -2.81. The standard InChI is InChI=1S/C13H29N3S.BrH/c1-2-3-4-5-6-7-8-9-10-11-12-17-13(14)16-15;/h2-12,15H2,1H3,(H2,14,16);1H/p+1. The van der Waals surface area contributed by atoms with Crippen LogP contribution in [0.25, 0.3) is 0 Å². The molecule has 0 unspecified atom stereocenters. The van der Waals surface area contributed by atoms with Gasteiger partial charge in [0.2, 0.25) is 0 Å². The van der Waals surface area contributed by atoms with E-state index in [-0.39, 0.29) is 17.0 Å². The highest BCUT2D eigenvalue weighted by Gasteiger charge is 1.98. The molecule has 0 aromatic carbocycles. The molecule has 0 atom stereocenters. The highest BCUT2D eigenvalue weighted by molar-refractivity contribution is 8.93. The highest BCUT2D eigenvalue weighted by Crippen LogP contribution is 2.11. The number of rotatable bonds is 11. The number of hydrazone groups is 1. The number of unbranched alkanes of at least 4 members (excludes halogenated alkanes) is 9. The number of nitrogens with two attached hydrogens (primary N) is 2. The van der Waals surface area contributed by atoms with Gasteiger partial charge in [0, 0.05) is 5.75 Å². The second-order valence-corrected chi connectivity index (χ2v) is 5.68. The number of hydrazine groups is 1. The molecule has 0 aromatic heterocycles. The zero-order valence-electron chi connectivity index (χ0n) is 11.7. The molecule has 18 heavy (non-hydrogen) atoms. The predicted molar refractivity (Wildman–Crippen MR) is 89.0 cm³/mol. The summed E-state index contributed by atoms with van der Waals surface area (Å²) < 4.78 is 0. The largest absolute Gasteiger partial charge is 0.324 e. The molecule has 0 rings (SSSR count). The molecule has 0 aromatic rings. The van der Waals surface area contributed by atoms with E-state index < -0.39 is 0 Å². The van der Waals surface area contributed by atoms with Crippen LogP contribution in [0.4, 0.5) is 0 Å². The summed E-state index contributed by atoms with van der Waals surface area (Å²) >= 11 is 1.61. The Morgan fingerprint density at radius 3 is 1.78 bits per heavy atom. The van der Waals surface area contributed by atoms with E-state index in [4.69, 9.17) is 11.6 Å². The maximum Gasteiger partial charge on any atom is 0.324 e. The van der Waals surface area contributed by atoms with E-state index >= 15 is 0 Å². The number of amidine groups is 1. The SMILES string of the molecule is Br.CCCCCCCCCCCCSC(N)=[NH+]N. The average Bonchev–Trinajstić information content (AvgIpc) is 2.35. The van der Waals surface area contributed by atoms with Gasteiger partial charge in [0.1, 0.15) is 0 Å². The highest BCUT2D eigenvalue weighted by atomic mass is 79.9. The molecular formula is C13H31BrN3S+. The van der Waals surface area contributed by atoms with Gasteiger partial charge in [0.15, 0.2) is 0 Å². The van der Waals surface area contributed by atoms with Crippen LogP contribution in [-0.4, -0.2) is 10.9 Å². The van der Waals surface area contributed by atoms with Crippen LogP contribution in [0.5, 0.6) is 0 Å². The maximum absolute atomic E-state index is 5.54. The third kappa shape index (κ3) is 16.1. The van der Waals surface area contributed by atoms with Gasteiger partial charge in [-0.05, 0) is 18.2 Å². The number of hydrogen-bond acceptors (Lipinski definition) is 2. The number of thioether (sulfide) groups is 1. The molecule has 0 bridgehead atoms. The van der Waals surface area contributed by atoms with Crippen molar-refractivity contribution in [1.29, 1.82) is 0 Å². The quantitative estimate of drug-likeness (QED) is 0.178. The second-order valence-electron chi connectivity index (χ2n) is 4.54. The van der Waals surface area contributed by atoms with Crippen molar-refractivity contribution in [1.82, 2.24) is 0 Å². The van der Waals surface area contributed by atoms with Gasteiger partial charge in [-0.3, -0.25) is 11.6 Å². The summed E-state index contributed by atoms with van der Waals surface area (Å²) in [6.07, 6.45) is 13.8. The van der Waals surface area contributed by atoms with Crippen molar-refractivity contribution in [2.45, 2.75) is 71.1 Å². The molecule has 5 N–H and O–H groups in total. The van der Waals surface area contributed by atoms with Gasteiger partial charge in [-0.25, -0.2) is 0 Å². The molecule has 0 amide bonds. The lowest BCUT2D eigenvalue weighted by atomic mass is 10.1. The minimum atomic E-state index is 0. The van der Waals surface area contributed by atoms with E-state index in [0.29, 0.717) is 5.17 Å². The molecule has 0 aliphatic carbocycles. The fourth-order valence-electron chi connectivity index (χ4n) is 1.81. The van der Waals surface area contributed by atoms with Gasteiger partial charge in [-0.1, -0.05) is 64.7 Å². The lowest BCUT2D eigenvalue weighted by molar-refractivity contribution is -0.467. The summed E-state index contributed by atoms with van der Waals surface area (Å²) in [7, 11) is 0. The molecule has 110 valence electrons. The van der Waals surface area contributed by atoms with Gasteiger partial charge in [-0.15, -0.1) is 17.0 Å². The topological polar surface area (TPSA) is 66.0 Å². The van der Waals surface area contributed by atoms with Crippen LogP contribution in [-0.2, 0) is 0 Å². The molecule has 3 nitrogen and oxygen atoms in total. The Labute approximate surface area is 127 Å². The second kappa shape index (κ2) is 17.1. The van der Waals surface area contributed by atoms with E-state index in [1.165, 1.54) is 64.2 Å². The van der Waals surface area contributed by atoms with Crippen molar-refractivity contribution in [2.75, 3.05) is 5.75 Å². The summed E-state index contributed by atoms with van der Waals surface area (Å²) in [6, 6.07) is 0. The van der Waals surface area contributed by atoms with E-state index in [0.717, 1.165) is 5.75 Å². The minimum absolute atomic E-state index is 0. The Morgan fingerprint density at radius 1 is 0.889 bits per heavy atom. The summed E-state index contributed by atoms with van der Waals surface area (Å²) in [5, 5.41) is 3.08. The van der Waals surface area contributed by atoms with Crippen LogP contribution in [0.15, 0.2) is 0 Å². The third-order valence-electron chi connectivity index (χ3n) is 2.90. The molecule has 0 aliphatic heterocycles. The molecule has 0 heterocycles. The smallest absolute Gasteiger partial charge is 0.280 e. The van der Waals surface area contributed by atoms with E-state index in [2.05, 4.69) is 12.0 Å². The third-order valence-corrected chi connectivity index (χ3v) is 3.82. The summed E-state index contributed by atoms with van der Waals surface area (Å²) in [5.74, 6) is 6.25. The van der Waals surface area contributed by atoms with Crippen LogP contribution in [0.1, 0.15) is 71.1 Å². The first kappa shape index (κ1) is 20.4. The molecule has 0 aliphatic rings. The van der Waals surface area contributed by atoms with Crippen LogP contribution in [0, 0.1) is 0 Å². The van der Waals surface area contributed by atoms with Gasteiger partial charge in [0.25, 0.3) is 0 Å². The van der Waals surface area contributed by atoms with Gasteiger partial charge in [-0.2, -0.15) is 5.10 Å². The Kier molecular flexibility index (Phi) is 19.4. The molecule has 5 heteroatoms. The van der Waals surface area contributed by atoms with Crippen molar-refractivity contribution in [3.8, 4) is 0 Å². The van der Waals surface area contributed by atoms with Crippen LogP contribution < -0.4 is 16.7 Å². The minimum Gasteiger partial charge on any atom is -0.280 e. The number of halogens is 1. The Hall–Kier alpha value is 0.1000. The van der Waals surface area contributed by atoms with E-state index in [1.54, 1.807) is 11.8 Å². The Morgan fingerprint density at radius 2 is 1.33 bits per heavy atom. The zero-order valence-corrected chi connectivity index (χ0v) is 14.3. The lowest BCUT2D eigenvalue weighted by Gasteiger charge is -2.01. The van der Waals surface area contributed by atoms with Crippen molar-refractivity contribution in [2.24, 2.45) is 11.6 Å². The molecule has 0 saturated heterocycles. The summed E-state index contributed by atoms with van der Waals surface area (Å²) in [4.78, 5) is 0. The fourth-order valence-corrected chi connectivity index (χ4v) is 2.46. The molecular weight excluding hydrogens is 310 g/mol. The number of nitrogens with one attached hydrogen (secondary N) is 1. The van der Waals surface area contributed by atoms with E-state index in [9.17, 15) is 0 Å². The zero-order chi connectivity index (χ0) is 12.8. The molecule has 0 saturated carbocycles. The summed E-state index contributed by atoms with van der Waals surface area (Å²) in [5.41, 5.74) is 5.54.